The van der Waals surface area contributed by atoms with Crippen molar-refractivity contribution in [3.05, 3.63) is 34.4 Å². The van der Waals surface area contributed by atoms with Crippen LogP contribution in [0.4, 0.5) is 11.4 Å². The van der Waals surface area contributed by atoms with Crippen molar-refractivity contribution < 1.29 is 9.82 Å². The Morgan fingerprint density at radius 1 is 1.18 bits per heavy atom. The maximum absolute atomic E-state index is 10.5. The monoisotopic (exact) mass is 326 g/mol. The van der Waals surface area contributed by atoms with Crippen LogP contribution in [0.3, 0.4) is 0 Å². The van der Waals surface area contributed by atoms with E-state index in [1.54, 1.807) is 12.1 Å². The molecule has 0 unspecified atom stereocenters. The highest BCUT2D eigenvalue weighted by atomic mass is 32.1. The highest BCUT2D eigenvalue weighted by Gasteiger charge is 2.03. The van der Waals surface area contributed by atoms with Crippen molar-refractivity contribution >= 4 is 28.7 Å². The molecule has 0 radical (unpaired) electrons. The van der Waals surface area contributed by atoms with Gasteiger partial charge in [0.2, 0.25) is 0 Å². The lowest BCUT2D eigenvalue weighted by molar-refractivity contribution is -0.858. The Morgan fingerprint density at radius 3 is 2.41 bits per heavy atom. The van der Waals surface area contributed by atoms with E-state index in [2.05, 4.69) is 30.0 Å². The SMILES string of the molecule is C[NH+](C)CCCNC(=S)NCCNc1ccc([N+](=O)[O-])cc1. The number of nitrogens with one attached hydrogen (secondary N) is 4. The highest BCUT2D eigenvalue weighted by Crippen LogP contribution is 2.14. The van der Waals surface area contributed by atoms with Crippen LogP contribution in [0.5, 0.6) is 0 Å². The number of rotatable bonds is 9. The molecule has 1 aromatic rings. The Kier molecular flexibility index (Phi) is 8.16. The number of anilines is 1. The summed E-state index contributed by atoms with van der Waals surface area (Å²) in [5.41, 5.74) is 0.939. The summed E-state index contributed by atoms with van der Waals surface area (Å²) in [7, 11) is 4.25. The molecular formula is C14H24N5O2S+. The number of nitro groups is 1. The lowest BCUT2D eigenvalue weighted by Gasteiger charge is -2.12. The van der Waals surface area contributed by atoms with Crippen LogP contribution in [0.2, 0.25) is 0 Å². The molecule has 1 aromatic carbocycles. The number of hydrogen-bond acceptors (Lipinski definition) is 4. The van der Waals surface area contributed by atoms with Gasteiger partial charge in [-0.2, -0.15) is 0 Å². The van der Waals surface area contributed by atoms with Gasteiger partial charge in [-0.25, -0.2) is 0 Å². The lowest BCUT2D eigenvalue weighted by atomic mass is 10.3. The summed E-state index contributed by atoms with van der Waals surface area (Å²) >= 11 is 5.18. The number of hydrogen-bond donors (Lipinski definition) is 4. The Morgan fingerprint density at radius 2 is 1.82 bits per heavy atom. The first kappa shape index (κ1) is 18.1. The zero-order valence-electron chi connectivity index (χ0n) is 13.0. The van der Waals surface area contributed by atoms with Crippen LogP contribution in [-0.2, 0) is 0 Å². The van der Waals surface area contributed by atoms with Crippen LogP contribution in [0.25, 0.3) is 0 Å². The maximum atomic E-state index is 10.5. The summed E-state index contributed by atoms with van der Waals surface area (Å²) < 4.78 is 0. The van der Waals surface area contributed by atoms with Crippen molar-refractivity contribution in [2.45, 2.75) is 6.42 Å². The van der Waals surface area contributed by atoms with Gasteiger partial charge in [-0.3, -0.25) is 10.1 Å². The standard InChI is InChI=1S/C14H23N5O2S/c1-18(2)11-3-8-16-14(22)17-10-9-15-12-4-6-13(7-5-12)19(20)21/h4-7,15H,3,8-11H2,1-2H3,(H2,16,17,22)/p+1. The van der Waals surface area contributed by atoms with Crippen LogP contribution >= 0.6 is 12.2 Å². The fourth-order valence-electron chi connectivity index (χ4n) is 1.79. The van der Waals surface area contributed by atoms with E-state index in [9.17, 15) is 10.1 Å². The van der Waals surface area contributed by atoms with Crippen LogP contribution in [0, 0.1) is 10.1 Å². The average molecular weight is 326 g/mol. The van der Waals surface area contributed by atoms with Crippen molar-refractivity contribution in [1.82, 2.24) is 10.6 Å². The summed E-state index contributed by atoms with van der Waals surface area (Å²) in [6.45, 7) is 3.34. The van der Waals surface area contributed by atoms with Crippen LogP contribution in [0.15, 0.2) is 24.3 Å². The van der Waals surface area contributed by atoms with Gasteiger partial charge in [0, 0.05) is 43.9 Å². The number of quaternary nitrogens is 1. The summed E-state index contributed by atoms with van der Waals surface area (Å²) in [6, 6.07) is 6.35. The van der Waals surface area contributed by atoms with Gasteiger partial charge in [0.1, 0.15) is 0 Å². The van der Waals surface area contributed by atoms with E-state index in [-0.39, 0.29) is 5.69 Å². The molecule has 0 spiro atoms. The van der Waals surface area contributed by atoms with Crippen LogP contribution in [0.1, 0.15) is 6.42 Å². The molecule has 0 aliphatic rings. The van der Waals surface area contributed by atoms with Gasteiger partial charge in [-0.15, -0.1) is 0 Å². The Hall–Kier alpha value is -1.93. The molecule has 0 saturated heterocycles. The van der Waals surface area contributed by atoms with E-state index in [4.69, 9.17) is 12.2 Å². The molecule has 4 N–H and O–H groups in total. The third kappa shape index (κ3) is 7.75. The van der Waals surface area contributed by atoms with Crippen LogP contribution in [-0.4, -0.2) is 50.3 Å². The molecular weight excluding hydrogens is 302 g/mol. The average Bonchev–Trinajstić information content (AvgIpc) is 2.48. The second kappa shape index (κ2) is 9.91. The summed E-state index contributed by atoms with van der Waals surface area (Å²) in [4.78, 5) is 11.6. The molecule has 22 heavy (non-hydrogen) atoms. The molecule has 7 nitrogen and oxygen atoms in total. The van der Waals surface area contributed by atoms with Gasteiger partial charge in [-0.05, 0) is 24.4 Å². The van der Waals surface area contributed by atoms with Gasteiger partial charge in [0.15, 0.2) is 5.11 Å². The lowest BCUT2D eigenvalue weighted by Crippen LogP contribution is -3.05. The van der Waals surface area contributed by atoms with E-state index >= 15 is 0 Å². The summed E-state index contributed by atoms with van der Waals surface area (Å²) in [6.07, 6.45) is 1.07. The van der Waals surface area contributed by atoms with Gasteiger partial charge >= 0.3 is 0 Å². The fourth-order valence-corrected chi connectivity index (χ4v) is 1.99. The molecule has 0 heterocycles. The van der Waals surface area contributed by atoms with Crippen molar-refractivity contribution in [3.8, 4) is 0 Å². The number of benzene rings is 1. The summed E-state index contributed by atoms with van der Waals surface area (Å²) in [5, 5.41) is 20.6. The van der Waals surface area contributed by atoms with Crippen molar-refractivity contribution in [3.63, 3.8) is 0 Å². The van der Waals surface area contributed by atoms with Crippen molar-refractivity contribution in [2.24, 2.45) is 0 Å². The molecule has 8 heteroatoms. The number of nitro benzene ring substituents is 1. The molecule has 0 aliphatic heterocycles. The second-order valence-corrected chi connectivity index (χ2v) is 5.63. The molecule has 0 atom stereocenters. The minimum Gasteiger partial charge on any atom is -0.383 e. The largest absolute Gasteiger partial charge is 0.383 e. The van der Waals surface area contributed by atoms with Crippen molar-refractivity contribution in [1.29, 1.82) is 0 Å². The van der Waals surface area contributed by atoms with E-state index in [1.807, 2.05) is 0 Å². The third-order valence-corrected chi connectivity index (χ3v) is 3.25. The normalized spacial score (nSPS) is 10.3. The van der Waals surface area contributed by atoms with E-state index in [0.717, 1.165) is 25.2 Å². The summed E-state index contributed by atoms with van der Waals surface area (Å²) in [5.74, 6) is 0. The fraction of sp³-hybridized carbons (Fsp3) is 0.500. The Bertz CT molecular complexity index is 479. The molecule has 1 rings (SSSR count). The van der Waals surface area contributed by atoms with Gasteiger partial charge in [0.05, 0.1) is 25.6 Å². The number of thiocarbonyl (C=S) groups is 1. The quantitative estimate of drug-likeness (QED) is 0.221. The predicted octanol–water partition coefficient (Wildman–Crippen LogP) is 0.00540. The first-order chi connectivity index (χ1) is 10.5. The molecule has 0 bridgehead atoms. The molecule has 0 saturated carbocycles. The minimum atomic E-state index is -0.409. The zero-order chi connectivity index (χ0) is 16.4. The predicted molar refractivity (Wildman–Crippen MR) is 92.5 cm³/mol. The molecule has 0 aliphatic carbocycles. The first-order valence-corrected chi connectivity index (χ1v) is 7.69. The third-order valence-electron chi connectivity index (χ3n) is 2.96. The van der Waals surface area contributed by atoms with Gasteiger partial charge < -0.3 is 20.9 Å². The topological polar surface area (TPSA) is 83.7 Å². The minimum absolute atomic E-state index is 0.0913. The zero-order valence-corrected chi connectivity index (χ0v) is 13.8. The Labute approximate surface area is 136 Å². The maximum Gasteiger partial charge on any atom is 0.269 e. The van der Waals surface area contributed by atoms with Gasteiger partial charge in [-0.1, -0.05) is 0 Å². The first-order valence-electron chi connectivity index (χ1n) is 7.28. The van der Waals surface area contributed by atoms with Crippen LogP contribution < -0.4 is 20.9 Å². The van der Waals surface area contributed by atoms with E-state index in [1.165, 1.54) is 17.0 Å². The number of non-ortho nitro benzene ring substituents is 1. The molecule has 122 valence electrons. The van der Waals surface area contributed by atoms with E-state index < -0.39 is 4.92 Å². The number of nitrogens with zero attached hydrogens (tertiary/aromatic N) is 1. The highest BCUT2D eigenvalue weighted by molar-refractivity contribution is 7.80. The molecule has 0 amide bonds. The molecule has 0 aromatic heterocycles. The molecule has 0 fully saturated rings. The smallest absolute Gasteiger partial charge is 0.269 e. The van der Waals surface area contributed by atoms with Gasteiger partial charge in [0.25, 0.3) is 5.69 Å². The Balaban J connectivity index is 2.11. The second-order valence-electron chi connectivity index (χ2n) is 5.22. The van der Waals surface area contributed by atoms with Crippen molar-refractivity contribution in [2.75, 3.05) is 45.6 Å². The van der Waals surface area contributed by atoms with E-state index in [0.29, 0.717) is 18.2 Å².